The van der Waals surface area contributed by atoms with Gasteiger partial charge in [-0.3, -0.25) is 0 Å². The predicted octanol–water partition coefficient (Wildman–Crippen LogP) is 7.68. The van der Waals surface area contributed by atoms with E-state index in [1.54, 1.807) is 13.2 Å². The molecule has 164 valence electrons. The van der Waals surface area contributed by atoms with Gasteiger partial charge in [0.05, 0.1) is 18.2 Å². The summed E-state index contributed by atoms with van der Waals surface area (Å²) in [5, 5.41) is 1.90. The second kappa shape index (κ2) is 11.0. The van der Waals surface area contributed by atoms with E-state index in [4.69, 9.17) is 49.0 Å². The minimum atomic E-state index is -0.125. The van der Waals surface area contributed by atoms with E-state index in [1.165, 1.54) is 0 Å². The molecule has 6 heteroatoms. The Hall–Kier alpha value is -2.07. The summed E-state index contributed by atoms with van der Waals surface area (Å²) in [5.41, 5.74) is 1.94. The van der Waals surface area contributed by atoms with Gasteiger partial charge in [-0.15, -0.1) is 0 Å². The van der Waals surface area contributed by atoms with Gasteiger partial charge in [0.1, 0.15) is 23.4 Å². The third kappa shape index (κ3) is 6.70. The van der Waals surface area contributed by atoms with Crippen molar-refractivity contribution in [2.45, 2.75) is 38.9 Å². The topological polar surface area (TPSA) is 27.7 Å². The van der Waals surface area contributed by atoms with Crippen LogP contribution in [0.3, 0.4) is 0 Å². The zero-order valence-corrected chi connectivity index (χ0v) is 20.0. The highest BCUT2D eigenvalue weighted by atomic mass is 35.5. The van der Waals surface area contributed by atoms with Gasteiger partial charge >= 0.3 is 0 Å². The van der Waals surface area contributed by atoms with Crippen LogP contribution in [-0.4, -0.2) is 19.3 Å². The number of ether oxygens (including phenoxy) is 3. The van der Waals surface area contributed by atoms with Crippen molar-refractivity contribution >= 4 is 34.8 Å². The number of halogens is 3. The summed E-state index contributed by atoms with van der Waals surface area (Å²) < 4.78 is 17.6. The van der Waals surface area contributed by atoms with Gasteiger partial charge in [-0.05, 0) is 67.4 Å². The molecule has 2 unspecified atom stereocenters. The van der Waals surface area contributed by atoms with E-state index >= 15 is 0 Å². The number of methoxy groups -OCH3 is 1. The van der Waals surface area contributed by atoms with Crippen molar-refractivity contribution in [1.29, 1.82) is 0 Å². The van der Waals surface area contributed by atoms with Gasteiger partial charge in [0.25, 0.3) is 0 Å². The molecular weight excluding hydrogens is 455 g/mol. The Morgan fingerprint density at radius 1 is 0.710 bits per heavy atom. The lowest BCUT2D eigenvalue weighted by atomic mass is 10.1. The molecule has 0 saturated heterocycles. The van der Waals surface area contributed by atoms with Crippen molar-refractivity contribution in [1.82, 2.24) is 0 Å². The first-order chi connectivity index (χ1) is 14.9. The summed E-state index contributed by atoms with van der Waals surface area (Å²) in [5.74, 6) is 2.15. The molecule has 3 aromatic carbocycles. The van der Waals surface area contributed by atoms with Gasteiger partial charge in [0.15, 0.2) is 0 Å². The second-order valence-corrected chi connectivity index (χ2v) is 8.66. The molecule has 0 aliphatic heterocycles. The first kappa shape index (κ1) is 23.6. The number of hydrogen-bond acceptors (Lipinski definition) is 3. The van der Waals surface area contributed by atoms with Crippen LogP contribution < -0.4 is 14.2 Å². The van der Waals surface area contributed by atoms with Gasteiger partial charge in [-0.1, -0.05) is 53.0 Å². The molecule has 0 radical (unpaired) electrons. The molecule has 3 nitrogen and oxygen atoms in total. The van der Waals surface area contributed by atoms with E-state index in [9.17, 15) is 0 Å². The standard InChI is InChI=1S/C25H25Cl3O3/c1-16(30-22-8-5-7-20(26)15-22)12-18-6-4-9-24(25(18)28)31-17(2)13-19-14-21(27)10-11-23(19)29-3/h4-11,14-17H,12-13H2,1-3H3. The summed E-state index contributed by atoms with van der Waals surface area (Å²) in [7, 11) is 1.64. The van der Waals surface area contributed by atoms with Crippen molar-refractivity contribution in [2.24, 2.45) is 0 Å². The molecule has 0 aromatic heterocycles. The van der Waals surface area contributed by atoms with Crippen LogP contribution in [0.2, 0.25) is 15.1 Å². The highest BCUT2D eigenvalue weighted by Gasteiger charge is 2.16. The minimum absolute atomic E-state index is 0.0839. The maximum absolute atomic E-state index is 6.66. The van der Waals surface area contributed by atoms with Crippen LogP contribution in [0.25, 0.3) is 0 Å². The molecule has 3 aromatic rings. The van der Waals surface area contributed by atoms with Crippen LogP contribution in [-0.2, 0) is 12.8 Å². The smallest absolute Gasteiger partial charge is 0.138 e. The average Bonchev–Trinajstić information content (AvgIpc) is 2.71. The monoisotopic (exact) mass is 478 g/mol. The quantitative estimate of drug-likeness (QED) is 0.315. The van der Waals surface area contributed by atoms with Crippen molar-refractivity contribution in [3.8, 4) is 17.2 Å². The summed E-state index contributed by atoms with van der Waals surface area (Å²) in [4.78, 5) is 0. The van der Waals surface area contributed by atoms with Gasteiger partial charge < -0.3 is 14.2 Å². The molecule has 0 aliphatic carbocycles. The van der Waals surface area contributed by atoms with E-state index in [2.05, 4.69) is 0 Å². The molecular formula is C25H25Cl3O3. The van der Waals surface area contributed by atoms with E-state index in [0.717, 1.165) is 22.6 Å². The van der Waals surface area contributed by atoms with Crippen LogP contribution in [0.5, 0.6) is 17.2 Å². The molecule has 2 atom stereocenters. The number of benzene rings is 3. The van der Waals surface area contributed by atoms with Crippen LogP contribution in [0, 0.1) is 0 Å². The van der Waals surface area contributed by atoms with E-state index in [0.29, 0.717) is 33.7 Å². The molecule has 0 heterocycles. The lowest BCUT2D eigenvalue weighted by Gasteiger charge is -2.20. The van der Waals surface area contributed by atoms with Gasteiger partial charge in [0, 0.05) is 22.9 Å². The third-order valence-electron chi connectivity index (χ3n) is 4.76. The third-order valence-corrected chi connectivity index (χ3v) is 5.66. The Morgan fingerprint density at radius 3 is 2.13 bits per heavy atom. The molecule has 31 heavy (non-hydrogen) atoms. The van der Waals surface area contributed by atoms with Gasteiger partial charge in [-0.25, -0.2) is 0 Å². The summed E-state index contributed by atoms with van der Waals surface area (Å²) in [6, 6.07) is 18.7. The zero-order valence-electron chi connectivity index (χ0n) is 17.7. The van der Waals surface area contributed by atoms with E-state index in [1.807, 2.05) is 68.4 Å². The average molecular weight is 480 g/mol. The highest BCUT2D eigenvalue weighted by Crippen LogP contribution is 2.32. The molecule has 0 fully saturated rings. The van der Waals surface area contributed by atoms with E-state index in [-0.39, 0.29) is 12.2 Å². The lowest BCUT2D eigenvalue weighted by molar-refractivity contribution is 0.217. The Balaban J connectivity index is 1.67. The number of hydrogen-bond donors (Lipinski definition) is 0. The molecule has 0 bridgehead atoms. The second-order valence-electron chi connectivity index (χ2n) is 7.41. The SMILES string of the molecule is COc1ccc(Cl)cc1CC(C)Oc1cccc(CC(C)Oc2cccc(Cl)c2)c1Cl. The fourth-order valence-electron chi connectivity index (χ4n) is 3.40. The molecule has 0 amide bonds. The highest BCUT2D eigenvalue weighted by molar-refractivity contribution is 6.33. The zero-order chi connectivity index (χ0) is 22.4. The lowest BCUT2D eigenvalue weighted by Crippen LogP contribution is -2.17. The maximum Gasteiger partial charge on any atom is 0.138 e. The fourth-order valence-corrected chi connectivity index (χ4v) is 4.03. The minimum Gasteiger partial charge on any atom is -0.496 e. The van der Waals surface area contributed by atoms with Crippen molar-refractivity contribution < 1.29 is 14.2 Å². The van der Waals surface area contributed by atoms with Gasteiger partial charge in [-0.2, -0.15) is 0 Å². The van der Waals surface area contributed by atoms with Crippen LogP contribution in [0.15, 0.2) is 60.7 Å². The Bertz CT molecular complexity index is 1020. The van der Waals surface area contributed by atoms with Crippen molar-refractivity contribution in [3.63, 3.8) is 0 Å². The normalized spacial score (nSPS) is 12.8. The predicted molar refractivity (Wildman–Crippen MR) is 128 cm³/mol. The fraction of sp³-hybridized carbons (Fsp3) is 0.280. The summed E-state index contributed by atoms with van der Waals surface area (Å²) in [6.45, 7) is 3.99. The molecule has 0 aliphatic rings. The van der Waals surface area contributed by atoms with E-state index < -0.39 is 0 Å². The molecule has 0 saturated carbocycles. The Kier molecular flexibility index (Phi) is 8.36. The van der Waals surface area contributed by atoms with Gasteiger partial charge in [0.2, 0.25) is 0 Å². The Morgan fingerprint density at radius 2 is 1.39 bits per heavy atom. The Labute approximate surface area is 198 Å². The summed E-state index contributed by atoms with van der Waals surface area (Å²) >= 11 is 18.8. The van der Waals surface area contributed by atoms with Crippen LogP contribution in [0.1, 0.15) is 25.0 Å². The molecule has 3 rings (SSSR count). The summed E-state index contributed by atoms with van der Waals surface area (Å²) in [6.07, 6.45) is 1.07. The van der Waals surface area contributed by atoms with Crippen molar-refractivity contribution in [2.75, 3.05) is 7.11 Å². The first-order valence-electron chi connectivity index (χ1n) is 10.0. The first-order valence-corrected chi connectivity index (χ1v) is 11.2. The van der Waals surface area contributed by atoms with Crippen molar-refractivity contribution in [3.05, 3.63) is 86.9 Å². The largest absolute Gasteiger partial charge is 0.496 e. The maximum atomic E-state index is 6.66. The number of rotatable bonds is 9. The van der Waals surface area contributed by atoms with Crippen LogP contribution in [0.4, 0.5) is 0 Å². The molecule has 0 spiro atoms. The molecule has 0 N–H and O–H groups in total. The van der Waals surface area contributed by atoms with Crippen LogP contribution >= 0.6 is 34.8 Å².